The summed E-state index contributed by atoms with van der Waals surface area (Å²) in [5.74, 6) is 2.92. The maximum atomic E-state index is 14.8. The zero-order valence-electron chi connectivity index (χ0n) is 52.0. The molecular weight excluding hydrogens is 1240 g/mol. The number of hydrogen-bond donors (Lipinski definition) is 0. The molecule has 0 radical (unpaired) electrons. The Morgan fingerprint density at radius 3 is 0.968 bits per heavy atom. The molecule has 0 aliphatic carbocycles. The number of cyclic esters (lactones) is 3. The van der Waals surface area contributed by atoms with Gasteiger partial charge in [-0.3, -0.25) is 28.3 Å². The van der Waals surface area contributed by atoms with E-state index in [4.69, 9.17) is 42.7 Å². The molecule has 3 fully saturated rings. The van der Waals surface area contributed by atoms with E-state index in [0.717, 1.165) is 33.4 Å². The van der Waals surface area contributed by atoms with Crippen molar-refractivity contribution >= 4 is 60.5 Å². The number of nitrogens with zero attached hydrogens (tertiary/aromatic N) is 21. The Balaban J connectivity index is 0.644. The molecule has 0 bridgehead atoms. The number of benzene rings is 3. The predicted octanol–water partition coefficient (Wildman–Crippen LogP) is 9.97. The van der Waals surface area contributed by atoms with Crippen molar-refractivity contribution in [2.24, 2.45) is 17.8 Å². The van der Waals surface area contributed by atoms with E-state index in [1.165, 1.54) is 33.0 Å². The highest BCUT2D eigenvalue weighted by atomic mass is 31.2. The van der Waals surface area contributed by atoms with Crippen molar-refractivity contribution in [2.75, 3.05) is 34.5 Å². The lowest BCUT2D eigenvalue weighted by atomic mass is 10.0. The van der Waals surface area contributed by atoms with E-state index in [1.807, 2.05) is 114 Å². The second-order valence-electron chi connectivity index (χ2n) is 23.9. The van der Waals surface area contributed by atoms with Gasteiger partial charge in [0.05, 0.1) is 36.7 Å². The highest BCUT2D eigenvalue weighted by molar-refractivity contribution is 7.48. The van der Waals surface area contributed by atoms with Crippen molar-refractivity contribution < 1.29 is 46.7 Å². The summed E-state index contributed by atoms with van der Waals surface area (Å²) in [4.78, 5) is 71.3. The van der Waals surface area contributed by atoms with E-state index in [0.29, 0.717) is 68.6 Å². The number of aromatic nitrogens is 18. The van der Waals surface area contributed by atoms with Crippen LogP contribution in [0.4, 0.5) is 31.8 Å². The molecule has 95 heavy (non-hydrogen) atoms. The molecule has 482 valence electrons. The summed E-state index contributed by atoms with van der Waals surface area (Å²) in [5, 5.41) is 27.4. The number of phosphoric acid groups is 1. The Morgan fingerprint density at radius 2 is 0.695 bits per heavy atom. The first kappa shape index (κ1) is 60.1. The molecule has 0 spiro atoms. The lowest BCUT2D eigenvalue weighted by molar-refractivity contribution is 0.0456. The summed E-state index contributed by atoms with van der Waals surface area (Å²) in [6.07, 6.45) is 13.4. The van der Waals surface area contributed by atoms with Gasteiger partial charge in [-0.1, -0.05) is 114 Å². The van der Waals surface area contributed by atoms with Crippen LogP contribution in [0.3, 0.4) is 0 Å². The summed E-state index contributed by atoms with van der Waals surface area (Å²) in [5.41, 5.74) is 8.36. The Hall–Kier alpha value is -11.1. The van der Waals surface area contributed by atoms with Crippen LogP contribution in [0.1, 0.15) is 41.5 Å². The molecule has 3 aromatic carbocycles. The first-order chi connectivity index (χ1) is 46.1. The maximum Gasteiger partial charge on any atom is 0.480 e. The molecule has 15 rings (SSSR count). The van der Waals surface area contributed by atoms with Gasteiger partial charge >= 0.3 is 26.1 Å². The molecule has 12 aromatic rings. The van der Waals surface area contributed by atoms with Crippen LogP contribution in [-0.2, 0) is 52.5 Å². The zero-order chi connectivity index (χ0) is 65.2. The van der Waals surface area contributed by atoms with Crippen molar-refractivity contribution in [3.8, 4) is 67.5 Å². The van der Waals surface area contributed by atoms with Gasteiger partial charge in [-0.25, -0.2) is 76.4 Å². The second kappa shape index (κ2) is 24.4. The molecule has 0 saturated carbocycles. The van der Waals surface area contributed by atoms with Crippen LogP contribution in [0.15, 0.2) is 147 Å². The lowest BCUT2D eigenvalue weighted by Crippen LogP contribution is -2.37. The first-order valence-corrected chi connectivity index (χ1v) is 32.0. The number of amides is 3. The molecule has 12 heterocycles. The van der Waals surface area contributed by atoms with Crippen molar-refractivity contribution in [3.63, 3.8) is 0 Å². The molecule has 3 unspecified atom stereocenters. The molecule has 9 aromatic heterocycles. The van der Waals surface area contributed by atoms with Crippen LogP contribution in [0.2, 0.25) is 0 Å². The normalized spacial score (nSPS) is 17.4. The fourth-order valence-corrected chi connectivity index (χ4v) is 12.5. The molecule has 32 heteroatoms. The predicted molar refractivity (Wildman–Crippen MR) is 341 cm³/mol. The molecule has 31 nitrogen and oxygen atoms in total. The quantitative estimate of drug-likeness (QED) is 0.0477. The number of phosphoric ester groups is 1. The maximum absolute atomic E-state index is 14.8. The second-order valence-corrected chi connectivity index (χ2v) is 25.6. The molecule has 0 N–H and O–H groups in total. The first-order valence-electron chi connectivity index (χ1n) is 30.5. The fourth-order valence-electron chi connectivity index (χ4n) is 11.5. The Kier molecular flexibility index (Phi) is 15.4. The number of anilines is 3. The monoisotopic (exact) mass is 1300 g/mol. The third-order valence-electron chi connectivity index (χ3n) is 16.8. The van der Waals surface area contributed by atoms with Crippen LogP contribution in [0.5, 0.6) is 0 Å². The third kappa shape index (κ3) is 11.5. The van der Waals surface area contributed by atoms with E-state index >= 15 is 0 Å². The summed E-state index contributed by atoms with van der Waals surface area (Å²) < 4.78 is 57.9. The number of fused-ring (bicyclic) bond motifs is 3. The van der Waals surface area contributed by atoms with E-state index in [9.17, 15) is 18.9 Å². The lowest BCUT2D eigenvalue weighted by Gasteiger charge is -2.23. The van der Waals surface area contributed by atoms with Crippen molar-refractivity contribution in [1.82, 2.24) is 88.1 Å². The minimum atomic E-state index is -4.53. The van der Waals surface area contributed by atoms with Gasteiger partial charge in [-0.05, 0) is 52.6 Å². The van der Waals surface area contributed by atoms with Gasteiger partial charge in [-0.15, -0.1) is 15.3 Å². The summed E-state index contributed by atoms with van der Waals surface area (Å²) in [7, 11) is -4.53. The third-order valence-corrected chi connectivity index (χ3v) is 18.1. The van der Waals surface area contributed by atoms with Crippen LogP contribution < -0.4 is 14.7 Å². The SMILES string of the molecule is CC(C)C1COC(=O)N1c1ccn2ncc(-c3ccc(-c4ncn(COP(=O)(OCn5cnc(-c6ccc(-c7cnn8ccc(N9C(=O)OCC9C(C)C)nc78)cc6)n5)OCn5cnc(-c6ccc(-c7cnn8ccc(N9C(=O)OCC9C(C)C)nc78)cc6)n5)n4)cc3)c2n1. The number of ether oxygens (including phenoxy) is 3. The zero-order valence-corrected chi connectivity index (χ0v) is 52.9. The topological polar surface area (TPSA) is 316 Å². The van der Waals surface area contributed by atoms with E-state index < -0.39 is 46.3 Å². The van der Waals surface area contributed by atoms with E-state index in [1.54, 1.807) is 83.6 Å². The number of carbonyl (C=O) groups is 3. The number of carbonyl (C=O) groups excluding carboxylic acids is 3. The Morgan fingerprint density at radius 1 is 0.421 bits per heavy atom. The smallest absolute Gasteiger partial charge is 0.447 e. The number of rotatable bonds is 21. The van der Waals surface area contributed by atoms with Crippen LogP contribution in [0, 0.1) is 17.8 Å². The molecule has 3 aliphatic rings. The Bertz CT molecular complexity index is 4440. The largest absolute Gasteiger partial charge is 0.480 e. The minimum Gasteiger partial charge on any atom is -0.447 e. The molecule has 3 saturated heterocycles. The van der Waals surface area contributed by atoms with Gasteiger partial charge in [0.2, 0.25) is 0 Å². The van der Waals surface area contributed by atoms with Gasteiger partial charge in [0.1, 0.15) is 56.3 Å². The molecular formula is C63H60N21O10P. The average Bonchev–Trinajstić information content (AvgIpc) is 1.67. The van der Waals surface area contributed by atoms with E-state index in [2.05, 4.69) is 45.5 Å². The number of hydrogen-bond acceptors (Lipinski definition) is 22. The molecule has 3 atom stereocenters. The minimum absolute atomic E-state index is 0.151. The van der Waals surface area contributed by atoms with Gasteiger partial charge < -0.3 is 14.2 Å². The standard InChI is InChI=1S/C63H60N21O10P/c1-37(2)49-28-89-61(85)82(49)52-19-22-79-58(70-52)46(25-67-79)40-7-13-43(14-8-40)55-64-31-76(73-55)34-92-95(88,93-35-77-32-65-56(74-77)44-15-9-41(10-16-44)47-26-68-80-23-20-53(71-59(47)80)83-50(38(3)4)29-90-62(83)86)94-36-78-33-66-57(75-78)45-17-11-42(12-18-45)48-27-69-81-24-21-54(72-60(48)81)84-51(39(5)6)30-91-63(84)87/h7-27,31-33,37-39,49-51H,28-30,34-36H2,1-6H3. The molecule has 3 aliphatic heterocycles. The summed E-state index contributed by atoms with van der Waals surface area (Å²) in [6, 6.07) is 27.3. The van der Waals surface area contributed by atoms with Crippen molar-refractivity contribution in [2.45, 2.75) is 79.9 Å². The highest BCUT2D eigenvalue weighted by Gasteiger charge is 2.40. The van der Waals surface area contributed by atoms with E-state index in [-0.39, 0.29) is 55.7 Å². The fraction of sp³-hybridized carbons (Fsp3) is 0.286. The van der Waals surface area contributed by atoms with Gasteiger partial charge in [-0.2, -0.15) is 15.3 Å². The highest BCUT2D eigenvalue weighted by Crippen LogP contribution is 2.50. The van der Waals surface area contributed by atoms with Crippen LogP contribution in [-0.4, -0.2) is 144 Å². The van der Waals surface area contributed by atoms with Gasteiger partial charge in [0.25, 0.3) is 0 Å². The average molecular weight is 1300 g/mol. The Labute approximate surface area is 540 Å². The summed E-state index contributed by atoms with van der Waals surface area (Å²) in [6.45, 7) is 11.8. The van der Waals surface area contributed by atoms with Crippen LogP contribution in [0.25, 0.3) is 84.5 Å². The molecule has 3 amide bonds. The van der Waals surface area contributed by atoms with Gasteiger partial charge in [0.15, 0.2) is 54.6 Å². The van der Waals surface area contributed by atoms with Crippen molar-refractivity contribution in [3.05, 3.63) is 147 Å². The van der Waals surface area contributed by atoms with Crippen LogP contribution >= 0.6 is 7.82 Å². The van der Waals surface area contributed by atoms with Crippen molar-refractivity contribution in [1.29, 1.82) is 0 Å². The summed E-state index contributed by atoms with van der Waals surface area (Å²) >= 11 is 0. The van der Waals surface area contributed by atoms with Gasteiger partial charge in [0, 0.05) is 52.0 Å².